The van der Waals surface area contributed by atoms with Crippen molar-refractivity contribution in [2.24, 2.45) is 0 Å². The molecule has 196 valence electrons. The first kappa shape index (κ1) is 23.1. The van der Waals surface area contributed by atoms with Gasteiger partial charge in [-0.3, -0.25) is 4.98 Å². The molecule has 6 aromatic carbocycles. The lowest BCUT2D eigenvalue weighted by Gasteiger charge is -2.09. The fraction of sp³-hybridized carbons (Fsp3) is 0. The van der Waals surface area contributed by atoms with Crippen LogP contribution in [0.1, 0.15) is 0 Å². The molecule has 0 spiro atoms. The average molecular weight is 536 g/mol. The van der Waals surface area contributed by atoms with Gasteiger partial charge in [0.1, 0.15) is 0 Å². The Hall–Kier alpha value is -5.67. The van der Waals surface area contributed by atoms with E-state index in [2.05, 4.69) is 154 Å². The SMILES string of the molecule is c1ccc(-n2c3ccccc3c3cc(-c4ccc5c(c4)c4c6cccnc6ccc4n5-c4ccccc4)ccc32)cc1. The number of hydrogen-bond acceptors (Lipinski definition) is 1. The summed E-state index contributed by atoms with van der Waals surface area (Å²) in [5.41, 5.74) is 10.6. The number of benzene rings is 6. The van der Waals surface area contributed by atoms with Crippen molar-refractivity contribution in [1.82, 2.24) is 14.1 Å². The number of fused-ring (bicyclic) bond motifs is 8. The van der Waals surface area contributed by atoms with Gasteiger partial charge in [0.15, 0.2) is 0 Å². The van der Waals surface area contributed by atoms with Crippen LogP contribution in [0.15, 0.2) is 152 Å². The van der Waals surface area contributed by atoms with Crippen LogP contribution in [-0.2, 0) is 0 Å². The highest BCUT2D eigenvalue weighted by molar-refractivity contribution is 6.21. The first-order valence-corrected chi connectivity index (χ1v) is 14.3. The number of para-hydroxylation sites is 3. The van der Waals surface area contributed by atoms with E-state index in [1.54, 1.807) is 0 Å². The Morgan fingerprint density at radius 3 is 1.67 bits per heavy atom. The van der Waals surface area contributed by atoms with Gasteiger partial charge in [-0.25, -0.2) is 0 Å². The lowest BCUT2D eigenvalue weighted by molar-refractivity contribution is 1.18. The zero-order valence-electron chi connectivity index (χ0n) is 22.8. The van der Waals surface area contributed by atoms with Crippen molar-refractivity contribution < 1.29 is 0 Å². The number of nitrogens with zero attached hydrogens (tertiary/aromatic N) is 3. The van der Waals surface area contributed by atoms with Crippen LogP contribution in [0.3, 0.4) is 0 Å². The van der Waals surface area contributed by atoms with Crippen LogP contribution in [-0.4, -0.2) is 14.1 Å². The second-order valence-electron chi connectivity index (χ2n) is 10.9. The van der Waals surface area contributed by atoms with Crippen molar-refractivity contribution >= 4 is 54.5 Å². The summed E-state index contributed by atoms with van der Waals surface area (Å²) in [5, 5.41) is 6.17. The predicted molar refractivity (Wildman–Crippen MR) is 176 cm³/mol. The van der Waals surface area contributed by atoms with E-state index in [0.29, 0.717) is 0 Å². The van der Waals surface area contributed by atoms with Crippen LogP contribution in [0.4, 0.5) is 0 Å². The third-order valence-corrected chi connectivity index (χ3v) is 8.55. The largest absolute Gasteiger partial charge is 0.309 e. The Labute approximate surface area is 242 Å². The van der Waals surface area contributed by atoms with E-state index >= 15 is 0 Å². The average Bonchev–Trinajstić information content (AvgIpc) is 3.58. The lowest BCUT2D eigenvalue weighted by atomic mass is 9.99. The van der Waals surface area contributed by atoms with E-state index < -0.39 is 0 Å². The van der Waals surface area contributed by atoms with Crippen molar-refractivity contribution in [1.29, 1.82) is 0 Å². The number of pyridine rings is 1. The van der Waals surface area contributed by atoms with Gasteiger partial charge in [-0.2, -0.15) is 0 Å². The minimum atomic E-state index is 1.01. The first-order valence-electron chi connectivity index (χ1n) is 14.3. The Balaban J connectivity index is 1.32. The van der Waals surface area contributed by atoms with Crippen molar-refractivity contribution in [2.75, 3.05) is 0 Å². The van der Waals surface area contributed by atoms with E-state index in [9.17, 15) is 0 Å². The Kier molecular flexibility index (Phi) is 4.90. The van der Waals surface area contributed by atoms with E-state index in [1.165, 1.54) is 65.8 Å². The number of aromatic nitrogens is 3. The maximum absolute atomic E-state index is 4.68. The van der Waals surface area contributed by atoms with Crippen LogP contribution < -0.4 is 0 Å². The molecule has 0 radical (unpaired) electrons. The summed E-state index contributed by atoms with van der Waals surface area (Å²) in [4.78, 5) is 4.68. The summed E-state index contributed by atoms with van der Waals surface area (Å²) in [6, 6.07) is 52.3. The normalized spacial score (nSPS) is 11.8. The molecule has 9 rings (SSSR count). The van der Waals surface area contributed by atoms with Gasteiger partial charge >= 0.3 is 0 Å². The summed E-state index contributed by atoms with van der Waals surface area (Å²) in [6.07, 6.45) is 1.87. The molecule has 0 aliphatic carbocycles. The molecule has 0 aliphatic heterocycles. The maximum Gasteiger partial charge on any atom is 0.0709 e. The smallest absolute Gasteiger partial charge is 0.0709 e. The van der Waals surface area contributed by atoms with Gasteiger partial charge in [0.2, 0.25) is 0 Å². The van der Waals surface area contributed by atoms with Crippen LogP contribution in [0.5, 0.6) is 0 Å². The topological polar surface area (TPSA) is 22.8 Å². The van der Waals surface area contributed by atoms with E-state index in [4.69, 9.17) is 0 Å². The summed E-state index contributed by atoms with van der Waals surface area (Å²) in [6.45, 7) is 0. The highest BCUT2D eigenvalue weighted by Gasteiger charge is 2.17. The molecule has 0 amide bonds. The van der Waals surface area contributed by atoms with Gasteiger partial charge in [0.25, 0.3) is 0 Å². The fourth-order valence-corrected chi connectivity index (χ4v) is 6.71. The highest BCUT2D eigenvalue weighted by Crippen LogP contribution is 2.40. The Morgan fingerprint density at radius 1 is 0.381 bits per heavy atom. The van der Waals surface area contributed by atoms with Crippen LogP contribution in [0, 0.1) is 0 Å². The van der Waals surface area contributed by atoms with E-state index in [0.717, 1.165) is 11.2 Å². The van der Waals surface area contributed by atoms with E-state index in [1.807, 2.05) is 12.3 Å². The highest BCUT2D eigenvalue weighted by atomic mass is 15.0. The van der Waals surface area contributed by atoms with Gasteiger partial charge < -0.3 is 9.13 Å². The van der Waals surface area contributed by atoms with Crippen molar-refractivity contribution in [3.8, 4) is 22.5 Å². The molecule has 0 unspecified atom stereocenters. The van der Waals surface area contributed by atoms with Crippen LogP contribution in [0.2, 0.25) is 0 Å². The minimum absolute atomic E-state index is 1.01. The summed E-state index contributed by atoms with van der Waals surface area (Å²) >= 11 is 0. The molecule has 3 heterocycles. The maximum atomic E-state index is 4.68. The fourth-order valence-electron chi connectivity index (χ4n) is 6.71. The van der Waals surface area contributed by atoms with Crippen LogP contribution >= 0.6 is 0 Å². The van der Waals surface area contributed by atoms with E-state index in [-0.39, 0.29) is 0 Å². The minimum Gasteiger partial charge on any atom is -0.309 e. The molecule has 42 heavy (non-hydrogen) atoms. The molecule has 0 bridgehead atoms. The summed E-state index contributed by atoms with van der Waals surface area (Å²) in [5.74, 6) is 0. The molecule has 3 heteroatoms. The summed E-state index contributed by atoms with van der Waals surface area (Å²) in [7, 11) is 0. The van der Waals surface area contributed by atoms with Gasteiger partial charge in [0.05, 0.1) is 27.6 Å². The third-order valence-electron chi connectivity index (χ3n) is 8.55. The first-order chi connectivity index (χ1) is 20.8. The Morgan fingerprint density at radius 2 is 0.929 bits per heavy atom. The monoisotopic (exact) mass is 535 g/mol. The second-order valence-corrected chi connectivity index (χ2v) is 10.9. The quantitative estimate of drug-likeness (QED) is 0.221. The standard InChI is InChI=1S/C39H25N3/c1-3-10-28(11-4-1)41-35-16-8-7-14-30(35)32-24-26(17-20-36(32)41)27-18-21-37-33(25-27)39-31-15-9-23-40-34(31)19-22-38(39)42(37)29-12-5-2-6-13-29/h1-25H. The molecule has 9 aromatic rings. The molecule has 0 N–H and O–H groups in total. The third kappa shape index (κ3) is 3.31. The molecule has 0 aliphatic rings. The molecule has 3 aromatic heterocycles. The van der Waals surface area contributed by atoms with Crippen molar-refractivity contribution in [2.45, 2.75) is 0 Å². The number of rotatable bonds is 3. The molecule has 0 fully saturated rings. The van der Waals surface area contributed by atoms with Gasteiger partial charge in [-0.05, 0) is 83.9 Å². The molecule has 3 nitrogen and oxygen atoms in total. The molecule has 0 saturated carbocycles. The van der Waals surface area contributed by atoms with Gasteiger partial charge in [-0.1, -0.05) is 72.8 Å². The number of hydrogen-bond donors (Lipinski definition) is 0. The zero-order chi connectivity index (χ0) is 27.6. The molecule has 0 saturated heterocycles. The Bertz CT molecular complexity index is 2450. The second kappa shape index (κ2) is 8.92. The van der Waals surface area contributed by atoms with Crippen molar-refractivity contribution in [3.05, 3.63) is 152 Å². The van der Waals surface area contributed by atoms with Gasteiger partial charge in [0, 0.05) is 44.5 Å². The summed E-state index contributed by atoms with van der Waals surface area (Å²) < 4.78 is 4.74. The molecular formula is C39H25N3. The zero-order valence-corrected chi connectivity index (χ0v) is 22.8. The van der Waals surface area contributed by atoms with Gasteiger partial charge in [-0.15, -0.1) is 0 Å². The van der Waals surface area contributed by atoms with Crippen molar-refractivity contribution in [3.63, 3.8) is 0 Å². The predicted octanol–water partition coefficient (Wildman–Crippen LogP) is 10.1. The lowest BCUT2D eigenvalue weighted by Crippen LogP contribution is -1.93. The van der Waals surface area contributed by atoms with Crippen LogP contribution in [0.25, 0.3) is 77.0 Å². The molecule has 0 atom stereocenters. The molecular weight excluding hydrogens is 510 g/mol.